The number of ether oxygens (including phenoxy) is 1. The van der Waals surface area contributed by atoms with E-state index < -0.39 is 5.97 Å². The van der Waals surface area contributed by atoms with Crippen LogP contribution >= 0.6 is 0 Å². The van der Waals surface area contributed by atoms with Gasteiger partial charge < -0.3 is 15.0 Å². The molecule has 9 nitrogen and oxygen atoms in total. The second-order valence-electron chi connectivity index (χ2n) is 7.59. The Morgan fingerprint density at radius 1 is 0.971 bits per heavy atom. The molecule has 0 aliphatic rings. The van der Waals surface area contributed by atoms with E-state index in [0.717, 1.165) is 5.69 Å². The van der Waals surface area contributed by atoms with Gasteiger partial charge in [0.05, 0.1) is 29.6 Å². The van der Waals surface area contributed by atoms with E-state index in [9.17, 15) is 9.59 Å². The molecule has 4 aromatic heterocycles. The average Bonchev–Trinajstić information content (AvgIpc) is 3.24. The number of anilines is 1. The van der Waals surface area contributed by atoms with E-state index in [0.29, 0.717) is 45.3 Å². The Bertz CT molecular complexity index is 1600. The second-order valence-corrected chi connectivity index (χ2v) is 7.59. The number of nitrogens with two attached hydrogens (primary N) is 1. The first-order chi connectivity index (χ1) is 16.5. The van der Waals surface area contributed by atoms with Crippen LogP contribution in [0.2, 0.25) is 0 Å². The van der Waals surface area contributed by atoms with Crippen molar-refractivity contribution >= 4 is 23.0 Å². The van der Waals surface area contributed by atoms with Gasteiger partial charge in [0.1, 0.15) is 11.3 Å². The molecule has 1 aromatic carbocycles. The smallest absolute Gasteiger partial charge is 0.337 e. The molecule has 9 heteroatoms. The van der Waals surface area contributed by atoms with Gasteiger partial charge in [-0.3, -0.25) is 9.36 Å². The number of aromatic nitrogens is 5. The predicted molar refractivity (Wildman–Crippen MR) is 129 cm³/mol. The average molecular weight is 452 g/mol. The Kier molecular flexibility index (Phi) is 5.14. The number of methoxy groups -OCH3 is 1. The molecule has 0 fully saturated rings. The highest BCUT2D eigenvalue weighted by Gasteiger charge is 2.19. The number of fused-ring (bicyclic) bond motifs is 1. The summed E-state index contributed by atoms with van der Waals surface area (Å²) in [6, 6.07) is 19.3. The third kappa shape index (κ3) is 3.49. The number of nitrogen functional groups attached to an aromatic ring is 1. The van der Waals surface area contributed by atoms with Crippen molar-refractivity contribution in [3.8, 4) is 28.5 Å². The Labute approximate surface area is 194 Å². The molecule has 0 amide bonds. The van der Waals surface area contributed by atoms with E-state index in [2.05, 4.69) is 4.98 Å². The van der Waals surface area contributed by atoms with Crippen molar-refractivity contribution in [2.45, 2.75) is 0 Å². The quantitative estimate of drug-likeness (QED) is 0.416. The standard InChI is InChI=1S/C25H20N6O3/c1-30-20(6-3-7-21(30)32)18-12-13-19-24(28-18)31(16-10-8-15(9-11-16)25(33)34-2)23(29-19)17-5-4-14-27-22(17)26/h3-14H,1-2H3,(H2,26,27). The number of nitrogens with zero attached hydrogens (tertiary/aromatic N) is 5. The van der Waals surface area contributed by atoms with Gasteiger partial charge in [0.15, 0.2) is 11.5 Å². The lowest BCUT2D eigenvalue weighted by atomic mass is 10.2. The van der Waals surface area contributed by atoms with Gasteiger partial charge in [0.25, 0.3) is 5.56 Å². The van der Waals surface area contributed by atoms with Gasteiger partial charge in [-0.05, 0) is 54.6 Å². The second kappa shape index (κ2) is 8.28. The lowest BCUT2D eigenvalue weighted by Crippen LogP contribution is -2.16. The summed E-state index contributed by atoms with van der Waals surface area (Å²) in [6.07, 6.45) is 1.61. The Morgan fingerprint density at radius 2 is 1.76 bits per heavy atom. The maximum atomic E-state index is 12.2. The van der Waals surface area contributed by atoms with Gasteiger partial charge in [0, 0.05) is 25.0 Å². The Balaban J connectivity index is 1.78. The molecule has 5 rings (SSSR count). The van der Waals surface area contributed by atoms with E-state index in [1.807, 2.05) is 28.8 Å². The molecule has 4 heterocycles. The summed E-state index contributed by atoms with van der Waals surface area (Å²) >= 11 is 0. The molecule has 0 spiro atoms. The van der Waals surface area contributed by atoms with E-state index in [1.165, 1.54) is 13.2 Å². The normalized spacial score (nSPS) is 11.0. The van der Waals surface area contributed by atoms with Crippen LogP contribution < -0.4 is 11.3 Å². The highest BCUT2D eigenvalue weighted by Crippen LogP contribution is 2.31. The van der Waals surface area contributed by atoms with Gasteiger partial charge in [-0.25, -0.2) is 19.7 Å². The largest absolute Gasteiger partial charge is 0.465 e. The summed E-state index contributed by atoms with van der Waals surface area (Å²) in [5.41, 5.74) is 10.3. The third-order valence-corrected chi connectivity index (χ3v) is 5.58. The molecule has 0 bridgehead atoms. The first-order valence-corrected chi connectivity index (χ1v) is 10.4. The van der Waals surface area contributed by atoms with Crippen LogP contribution in [0.15, 0.2) is 77.7 Å². The minimum absolute atomic E-state index is 0.130. The van der Waals surface area contributed by atoms with Crippen LogP contribution in [0.3, 0.4) is 0 Å². The SMILES string of the molecule is COC(=O)c1ccc(-n2c(-c3cccnc3N)nc3ccc(-c4cccc(=O)n4C)nc32)cc1. The maximum Gasteiger partial charge on any atom is 0.337 e. The first kappa shape index (κ1) is 21.1. The van der Waals surface area contributed by atoms with E-state index in [4.69, 9.17) is 20.4 Å². The highest BCUT2D eigenvalue weighted by atomic mass is 16.5. The van der Waals surface area contributed by atoms with Crippen molar-refractivity contribution in [1.82, 2.24) is 24.1 Å². The van der Waals surface area contributed by atoms with Crippen molar-refractivity contribution in [3.63, 3.8) is 0 Å². The minimum atomic E-state index is -0.427. The van der Waals surface area contributed by atoms with Crippen molar-refractivity contribution in [3.05, 3.63) is 88.8 Å². The molecule has 2 N–H and O–H groups in total. The van der Waals surface area contributed by atoms with Crippen molar-refractivity contribution in [2.24, 2.45) is 7.05 Å². The number of hydrogen-bond acceptors (Lipinski definition) is 7. The van der Waals surface area contributed by atoms with Crippen LogP contribution in [0.25, 0.3) is 39.6 Å². The third-order valence-electron chi connectivity index (χ3n) is 5.58. The molecule has 0 unspecified atom stereocenters. The summed E-state index contributed by atoms with van der Waals surface area (Å²) in [5.74, 6) is 0.457. The van der Waals surface area contributed by atoms with Crippen molar-refractivity contribution in [2.75, 3.05) is 12.8 Å². The predicted octanol–water partition coefficient (Wildman–Crippen LogP) is 3.22. The molecule has 0 saturated heterocycles. The van der Waals surface area contributed by atoms with Gasteiger partial charge in [-0.2, -0.15) is 0 Å². The minimum Gasteiger partial charge on any atom is -0.465 e. The zero-order valence-electron chi connectivity index (χ0n) is 18.5. The molecule has 34 heavy (non-hydrogen) atoms. The van der Waals surface area contributed by atoms with Gasteiger partial charge in [0.2, 0.25) is 0 Å². The van der Waals surface area contributed by atoms with Crippen molar-refractivity contribution < 1.29 is 9.53 Å². The van der Waals surface area contributed by atoms with Crippen LogP contribution in [0.1, 0.15) is 10.4 Å². The van der Waals surface area contributed by atoms with Crippen LogP contribution in [0, 0.1) is 0 Å². The lowest BCUT2D eigenvalue weighted by Gasteiger charge is -2.12. The topological polar surface area (TPSA) is 118 Å². The number of esters is 1. The maximum absolute atomic E-state index is 12.2. The zero-order chi connectivity index (χ0) is 23.8. The van der Waals surface area contributed by atoms with Gasteiger partial charge in [-0.15, -0.1) is 0 Å². The number of rotatable bonds is 4. The van der Waals surface area contributed by atoms with Gasteiger partial charge >= 0.3 is 5.97 Å². The number of benzene rings is 1. The summed E-state index contributed by atoms with van der Waals surface area (Å²) in [5, 5.41) is 0. The van der Waals surface area contributed by atoms with Crippen LogP contribution in [-0.4, -0.2) is 37.2 Å². The zero-order valence-corrected chi connectivity index (χ0v) is 18.5. The molecule has 0 radical (unpaired) electrons. The highest BCUT2D eigenvalue weighted by molar-refractivity contribution is 5.90. The van der Waals surface area contributed by atoms with E-state index in [-0.39, 0.29) is 5.56 Å². The van der Waals surface area contributed by atoms with Crippen LogP contribution in [0.5, 0.6) is 0 Å². The fourth-order valence-electron chi connectivity index (χ4n) is 3.82. The fraction of sp³-hybridized carbons (Fsp3) is 0.0800. The molecular weight excluding hydrogens is 432 g/mol. The number of hydrogen-bond donors (Lipinski definition) is 1. The number of carbonyl (C=O) groups excluding carboxylic acids is 1. The van der Waals surface area contributed by atoms with E-state index in [1.54, 1.807) is 54.2 Å². The molecule has 0 atom stereocenters. The monoisotopic (exact) mass is 452 g/mol. The molecule has 0 saturated carbocycles. The summed E-state index contributed by atoms with van der Waals surface area (Å²) < 4.78 is 8.21. The lowest BCUT2D eigenvalue weighted by molar-refractivity contribution is 0.0600. The van der Waals surface area contributed by atoms with Crippen LogP contribution in [-0.2, 0) is 11.8 Å². The summed E-state index contributed by atoms with van der Waals surface area (Å²) in [6.45, 7) is 0. The Hall–Kier alpha value is -4.79. The molecule has 0 aliphatic carbocycles. The number of pyridine rings is 3. The van der Waals surface area contributed by atoms with Crippen molar-refractivity contribution in [1.29, 1.82) is 0 Å². The molecular formula is C25H20N6O3. The number of imidazole rings is 1. The first-order valence-electron chi connectivity index (χ1n) is 10.4. The van der Waals surface area contributed by atoms with Crippen LogP contribution in [0.4, 0.5) is 5.82 Å². The number of carbonyl (C=O) groups is 1. The molecule has 168 valence electrons. The summed E-state index contributed by atoms with van der Waals surface area (Å²) in [4.78, 5) is 37.9. The molecule has 0 aliphatic heterocycles. The molecule has 5 aromatic rings. The fourth-order valence-corrected chi connectivity index (χ4v) is 3.82. The van der Waals surface area contributed by atoms with E-state index >= 15 is 0 Å². The van der Waals surface area contributed by atoms with Gasteiger partial charge in [-0.1, -0.05) is 6.07 Å². The Morgan fingerprint density at radius 3 is 2.50 bits per heavy atom. The summed E-state index contributed by atoms with van der Waals surface area (Å²) in [7, 11) is 3.04.